The van der Waals surface area contributed by atoms with Crippen molar-refractivity contribution in [2.45, 2.75) is 25.5 Å². The van der Waals surface area contributed by atoms with Crippen LogP contribution in [-0.2, 0) is 16.1 Å². The summed E-state index contributed by atoms with van der Waals surface area (Å²) < 4.78 is 5.28. The normalized spacial score (nSPS) is 16.8. The summed E-state index contributed by atoms with van der Waals surface area (Å²) >= 11 is 0. The van der Waals surface area contributed by atoms with Crippen molar-refractivity contribution in [1.82, 2.24) is 4.90 Å². The number of carboxylic acids is 1. The molecule has 1 aliphatic heterocycles. The molecule has 0 unspecified atom stereocenters. The molecule has 0 atom stereocenters. The van der Waals surface area contributed by atoms with Gasteiger partial charge < -0.3 is 9.84 Å². The van der Waals surface area contributed by atoms with Crippen LogP contribution in [0, 0.1) is 10.1 Å². The van der Waals surface area contributed by atoms with Crippen molar-refractivity contribution in [3.05, 3.63) is 39.9 Å². The Bertz CT molecular complexity index is 512. The van der Waals surface area contributed by atoms with E-state index < -0.39 is 10.9 Å². The number of carboxylic acid groups (broad SMARTS) is 1. The number of nitro groups is 1. The fraction of sp³-hybridized carbons (Fsp3) is 0.500. The maximum atomic E-state index is 10.7. The van der Waals surface area contributed by atoms with Crippen LogP contribution in [0.3, 0.4) is 0 Å². The van der Waals surface area contributed by atoms with E-state index in [0.717, 1.165) is 31.5 Å². The Kier molecular flexibility index (Phi) is 5.24. The Balaban J connectivity index is 1.82. The number of piperidine rings is 1. The van der Waals surface area contributed by atoms with Gasteiger partial charge in [0.25, 0.3) is 5.69 Å². The molecule has 1 aromatic rings. The van der Waals surface area contributed by atoms with Gasteiger partial charge in [-0.15, -0.1) is 0 Å². The van der Waals surface area contributed by atoms with Crippen LogP contribution in [0.4, 0.5) is 5.69 Å². The molecule has 0 radical (unpaired) electrons. The molecule has 2 rings (SSSR count). The molecule has 1 N–H and O–H groups in total. The van der Waals surface area contributed by atoms with Crippen molar-refractivity contribution in [3.8, 4) is 0 Å². The number of aliphatic carboxylic acids is 1. The highest BCUT2D eigenvalue weighted by atomic mass is 16.6. The molecule has 7 heteroatoms. The fourth-order valence-corrected chi connectivity index (χ4v) is 2.45. The Morgan fingerprint density at radius 2 is 2.14 bits per heavy atom. The lowest BCUT2D eigenvalue weighted by Gasteiger charge is -2.31. The lowest BCUT2D eigenvalue weighted by atomic mass is 10.1. The number of nitro benzene ring substituents is 1. The van der Waals surface area contributed by atoms with Crippen LogP contribution in [0.5, 0.6) is 0 Å². The zero-order chi connectivity index (χ0) is 15.2. The van der Waals surface area contributed by atoms with Gasteiger partial charge in [-0.2, -0.15) is 0 Å². The van der Waals surface area contributed by atoms with E-state index in [1.165, 1.54) is 6.07 Å². The second-order valence-corrected chi connectivity index (χ2v) is 5.11. The Hall–Kier alpha value is -1.99. The summed E-state index contributed by atoms with van der Waals surface area (Å²) in [4.78, 5) is 23.0. The van der Waals surface area contributed by atoms with Gasteiger partial charge in [0, 0.05) is 31.8 Å². The molecule has 7 nitrogen and oxygen atoms in total. The van der Waals surface area contributed by atoms with E-state index in [1.807, 2.05) is 6.07 Å². The van der Waals surface area contributed by atoms with Crippen molar-refractivity contribution >= 4 is 11.7 Å². The average Bonchev–Trinajstić information content (AvgIpc) is 2.47. The molecule has 1 heterocycles. The molecule has 114 valence electrons. The minimum Gasteiger partial charge on any atom is -0.480 e. The summed E-state index contributed by atoms with van der Waals surface area (Å²) in [5.74, 6) is -0.950. The number of non-ortho nitro benzene ring substituents is 1. The van der Waals surface area contributed by atoms with E-state index in [4.69, 9.17) is 9.84 Å². The first-order valence-corrected chi connectivity index (χ1v) is 6.83. The van der Waals surface area contributed by atoms with Gasteiger partial charge >= 0.3 is 5.97 Å². The van der Waals surface area contributed by atoms with Crippen LogP contribution in [0.15, 0.2) is 24.3 Å². The van der Waals surface area contributed by atoms with Crippen molar-refractivity contribution in [2.75, 3.05) is 19.7 Å². The highest BCUT2D eigenvalue weighted by Gasteiger charge is 2.20. The van der Waals surface area contributed by atoms with E-state index in [9.17, 15) is 14.9 Å². The van der Waals surface area contributed by atoms with Gasteiger partial charge in [-0.25, -0.2) is 4.79 Å². The van der Waals surface area contributed by atoms with E-state index in [-0.39, 0.29) is 18.4 Å². The second-order valence-electron chi connectivity index (χ2n) is 5.11. The van der Waals surface area contributed by atoms with Crippen LogP contribution in [0.1, 0.15) is 18.4 Å². The molecule has 0 aliphatic carbocycles. The molecule has 1 fully saturated rings. The van der Waals surface area contributed by atoms with E-state index in [0.29, 0.717) is 6.54 Å². The molecule has 1 aromatic carbocycles. The van der Waals surface area contributed by atoms with Crippen molar-refractivity contribution in [3.63, 3.8) is 0 Å². The first kappa shape index (κ1) is 15.4. The van der Waals surface area contributed by atoms with Gasteiger partial charge in [-0.05, 0) is 18.4 Å². The summed E-state index contributed by atoms with van der Waals surface area (Å²) in [7, 11) is 0. The van der Waals surface area contributed by atoms with Gasteiger partial charge in [0.05, 0.1) is 11.0 Å². The summed E-state index contributed by atoms with van der Waals surface area (Å²) in [6, 6.07) is 6.64. The molecule has 0 bridgehead atoms. The third-order valence-electron chi connectivity index (χ3n) is 3.50. The van der Waals surface area contributed by atoms with Crippen molar-refractivity contribution in [2.24, 2.45) is 0 Å². The Morgan fingerprint density at radius 3 is 2.76 bits per heavy atom. The number of hydrogen-bond donors (Lipinski definition) is 1. The maximum absolute atomic E-state index is 10.7. The summed E-state index contributed by atoms with van der Waals surface area (Å²) in [6.07, 6.45) is 1.55. The zero-order valence-corrected chi connectivity index (χ0v) is 11.6. The number of rotatable bonds is 6. The van der Waals surface area contributed by atoms with E-state index in [2.05, 4.69) is 4.90 Å². The van der Waals surface area contributed by atoms with Crippen molar-refractivity contribution in [1.29, 1.82) is 0 Å². The van der Waals surface area contributed by atoms with Gasteiger partial charge in [0.15, 0.2) is 0 Å². The predicted molar refractivity (Wildman–Crippen MR) is 75.0 cm³/mol. The molecule has 0 aromatic heterocycles. The average molecular weight is 294 g/mol. The number of benzene rings is 1. The van der Waals surface area contributed by atoms with Gasteiger partial charge in [-0.3, -0.25) is 15.0 Å². The standard InChI is InChI=1S/C14H18N2O5/c17-14(18)10-21-13-4-6-15(7-5-13)9-11-2-1-3-12(8-11)16(19)20/h1-3,8,13H,4-7,9-10H2,(H,17,18). The molecule has 0 saturated carbocycles. The van der Waals surface area contributed by atoms with Gasteiger partial charge in [0.1, 0.15) is 6.61 Å². The summed E-state index contributed by atoms with van der Waals surface area (Å²) in [6.45, 7) is 2.00. The molecule has 1 aliphatic rings. The summed E-state index contributed by atoms with van der Waals surface area (Å²) in [5, 5.41) is 19.3. The topological polar surface area (TPSA) is 92.9 Å². The smallest absolute Gasteiger partial charge is 0.329 e. The quantitative estimate of drug-likeness (QED) is 0.633. The third-order valence-corrected chi connectivity index (χ3v) is 3.50. The molecule has 0 amide bonds. The number of hydrogen-bond acceptors (Lipinski definition) is 5. The van der Waals surface area contributed by atoms with Crippen LogP contribution in [0.2, 0.25) is 0 Å². The molecule has 1 saturated heterocycles. The predicted octanol–water partition coefficient (Wildman–Crippen LogP) is 1.66. The SMILES string of the molecule is O=C(O)COC1CCN(Cc2cccc([N+](=O)[O-])c2)CC1. The molecule has 21 heavy (non-hydrogen) atoms. The zero-order valence-electron chi connectivity index (χ0n) is 11.6. The number of carbonyl (C=O) groups is 1. The van der Waals surface area contributed by atoms with Crippen LogP contribution >= 0.6 is 0 Å². The first-order valence-electron chi connectivity index (χ1n) is 6.83. The number of likely N-dealkylation sites (tertiary alicyclic amines) is 1. The van der Waals surface area contributed by atoms with Crippen LogP contribution in [0.25, 0.3) is 0 Å². The highest BCUT2D eigenvalue weighted by Crippen LogP contribution is 2.18. The fourth-order valence-electron chi connectivity index (χ4n) is 2.45. The molecular formula is C14H18N2O5. The molecular weight excluding hydrogens is 276 g/mol. The van der Waals surface area contributed by atoms with Crippen LogP contribution in [-0.4, -0.2) is 46.7 Å². The van der Waals surface area contributed by atoms with Crippen LogP contribution < -0.4 is 0 Å². The second kappa shape index (κ2) is 7.14. The molecule has 0 spiro atoms. The van der Waals surface area contributed by atoms with Gasteiger partial charge in [-0.1, -0.05) is 12.1 Å². The van der Waals surface area contributed by atoms with Gasteiger partial charge in [0.2, 0.25) is 0 Å². The largest absolute Gasteiger partial charge is 0.480 e. The van der Waals surface area contributed by atoms with E-state index >= 15 is 0 Å². The number of ether oxygens (including phenoxy) is 1. The monoisotopic (exact) mass is 294 g/mol. The third kappa shape index (κ3) is 4.80. The Morgan fingerprint density at radius 1 is 1.43 bits per heavy atom. The number of nitrogens with zero attached hydrogens (tertiary/aromatic N) is 2. The lowest BCUT2D eigenvalue weighted by Crippen LogP contribution is -2.37. The minimum absolute atomic E-state index is 0.0116. The summed E-state index contributed by atoms with van der Waals surface area (Å²) in [5.41, 5.74) is 1.02. The van der Waals surface area contributed by atoms with E-state index in [1.54, 1.807) is 12.1 Å². The first-order chi connectivity index (χ1) is 10.0. The highest BCUT2D eigenvalue weighted by molar-refractivity contribution is 5.68. The maximum Gasteiger partial charge on any atom is 0.329 e. The lowest BCUT2D eigenvalue weighted by molar-refractivity contribution is -0.384. The van der Waals surface area contributed by atoms with Crippen molar-refractivity contribution < 1.29 is 19.6 Å². The minimum atomic E-state index is -0.950. The Labute approximate surface area is 122 Å².